The van der Waals surface area contributed by atoms with Gasteiger partial charge in [0.1, 0.15) is 25.0 Å². The monoisotopic (exact) mass is 288 g/mol. The minimum Gasteiger partial charge on any atom is -0.491 e. The second-order valence-electron chi connectivity index (χ2n) is 6.53. The molecule has 0 aliphatic heterocycles. The van der Waals surface area contributed by atoms with E-state index in [1.54, 1.807) is 0 Å². The summed E-state index contributed by atoms with van der Waals surface area (Å²) >= 11 is 0. The van der Waals surface area contributed by atoms with Crippen molar-refractivity contribution < 1.29 is 14.3 Å². The van der Waals surface area contributed by atoms with Crippen molar-refractivity contribution in [1.29, 1.82) is 0 Å². The highest BCUT2D eigenvalue weighted by molar-refractivity contribution is 5.83. The Bertz CT molecular complexity index is 593. The van der Waals surface area contributed by atoms with Crippen LogP contribution in [0.15, 0.2) is 42.5 Å². The van der Waals surface area contributed by atoms with Gasteiger partial charge in [0.2, 0.25) is 0 Å². The minimum absolute atomic E-state index is 0.326. The van der Waals surface area contributed by atoms with E-state index in [4.69, 9.17) is 4.74 Å². The van der Waals surface area contributed by atoms with Gasteiger partial charge in [0.05, 0.1) is 20.1 Å². The summed E-state index contributed by atoms with van der Waals surface area (Å²) in [4.78, 5) is 0. The van der Waals surface area contributed by atoms with Crippen molar-refractivity contribution in [2.45, 2.75) is 26.0 Å². The molecule has 2 rings (SSSR count). The topological polar surface area (TPSA) is 29.5 Å². The lowest BCUT2D eigenvalue weighted by Gasteiger charge is -2.35. The number of likely N-dealkylation sites (N-methyl/N-ethyl adjacent to an activating group) is 1. The molecule has 114 valence electrons. The molecule has 0 spiro atoms. The van der Waals surface area contributed by atoms with Gasteiger partial charge in [-0.15, -0.1) is 0 Å². The molecule has 0 aliphatic carbocycles. The maximum Gasteiger partial charge on any atom is 0.137 e. The first-order chi connectivity index (χ1) is 9.88. The number of fused-ring (bicyclic) bond motifs is 1. The van der Waals surface area contributed by atoms with Crippen LogP contribution in [-0.2, 0) is 0 Å². The number of nitrogens with zero attached hydrogens (tertiary/aromatic N) is 1. The van der Waals surface area contributed by atoms with Crippen LogP contribution in [0.1, 0.15) is 13.8 Å². The molecule has 0 aromatic heterocycles. The van der Waals surface area contributed by atoms with Gasteiger partial charge < -0.3 is 14.3 Å². The third kappa shape index (κ3) is 4.19. The number of ether oxygens (including phenoxy) is 1. The lowest BCUT2D eigenvalue weighted by Crippen LogP contribution is -2.51. The van der Waals surface area contributed by atoms with Crippen LogP contribution in [0.3, 0.4) is 0 Å². The Hall–Kier alpha value is -1.58. The van der Waals surface area contributed by atoms with Crippen molar-refractivity contribution in [1.82, 2.24) is 0 Å². The van der Waals surface area contributed by atoms with Gasteiger partial charge in [0, 0.05) is 0 Å². The minimum atomic E-state index is -0.464. The van der Waals surface area contributed by atoms with E-state index in [2.05, 4.69) is 40.1 Å². The molecular weight excluding hydrogens is 262 g/mol. The van der Waals surface area contributed by atoms with Crippen molar-refractivity contribution in [2.75, 3.05) is 27.2 Å². The maximum absolute atomic E-state index is 10.2. The summed E-state index contributed by atoms with van der Waals surface area (Å²) in [5.74, 6) is 0.808. The first-order valence-electron chi connectivity index (χ1n) is 7.51. The standard InChI is InChI=1S/C18H26NO2/c1-14(2)19(3,4)12-17(20)13-21-18-10-9-15-7-5-6-8-16(15)11-18/h5-11,14,17,20H,12-13H2,1-4H3/q+1. The normalized spacial score (nSPS) is 13.6. The molecule has 0 radical (unpaired) electrons. The fourth-order valence-corrected chi connectivity index (χ4v) is 2.26. The second-order valence-corrected chi connectivity index (χ2v) is 6.53. The van der Waals surface area contributed by atoms with Gasteiger partial charge in [0.15, 0.2) is 0 Å². The molecule has 1 N–H and O–H groups in total. The molecule has 1 unspecified atom stereocenters. The Balaban J connectivity index is 1.95. The predicted molar refractivity (Wildman–Crippen MR) is 87.6 cm³/mol. The number of rotatable bonds is 6. The highest BCUT2D eigenvalue weighted by Gasteiger charge is 2.24. The Labute approximate surface area is 127 Å². The van der Waals surface area contributed by atoms with E-state index < -0.39 is 6.10 Å². The smallest absolute Gasteiger partial charge is 0.137 e. The van der Waals surface area contributed by atoms with E-state index >= 15 is 0 Å². The van der Waals surface area contributed by atoms with Crippen LogP contribution in [0.5, 0.6) is 5.75 Å². The van der Waals surface area contributed by atoms with Gasteiger partial charge in [-0.05, 0) is 36.8 Å². The summed E-state index contributed by atoms with van der Waals surface area (Å²) in [7, 11) is 4.26. The number of quaternary nitrogens is 1. The zero-order chi connectivity index (χ0) is 15.5. The molecular formula is C18H26NO2+. The molecule has 0 saturated carbocycles. The largest absolute Gasteiger partial charge is 0.491 e. The van der Waals surface area contributed by atoms with E-state index in [0.29, 0.717) is 19.2 Å². The van der Waals surface area contributed by atoms with Gasteiger partial charge in [-0.2, -0.15) is 0 Å². The highest BCUT2D eigenvalue weighted by atomic mass is 16.5. The van der Waals surface area contributed by atoms with Crippen molar-refractivity contribution in [2.24, 2.45) is 0 Å². The predicted octanol–water partition coefficient (Wildman–Crippen LogP) is 3.06. The molecule has 0 saturated heterocycles. The van der Waals surface area contributed by atoms with Crippen LogP contribution < -0.4 is 4.74 Å². The van der Waals surface area contributed by atoms with E-state index in [1.807, 2.05) is 30.3 Å². The Morgan fingerprint density at radius 3 is 2.38 bits per heavy atom. The molecule has 1 atom stereocenters. The summed E-state index contributed by atoms with van der Waals surface area (Å²) in [6.45, 7) is 5.34. The Morgan fingerprint density at radius 1 is 1.05 bits per heavy atom. The van der Waals surface area contributed by atoms with Gasteiger partial charge in [-0.3, -0.25) is 0 Å². The zero-order valence-electron chi connectivity index (χ0n) is 13.4. The first-order valence-corrected chi connectivity index (χ1v) is 7.51. The van der Waals surface area contributed by atoms with E-state index in [1.165, 1.54) is 5.39 Å². The molecule has 0 heterocycles. The number of aliphatic hydroxyl groups is 1. The van der Waals surface area contributed by atoms with Crippen LogP contribution in [-0.4, -0.2) is 49.0 Å². The molecule has 21 heavy (non-hydrogen) atoms. The molecule has 0 amide bonds. The molecule has 3 heteroatoms. The first kappa shape index (κ1) is 15.8. The van der Waals surface area contributed by atoms with Crippen molar-refractivity contribution in [3.63, 3.8) is 0 Å². The lowest BCUT2D eigenvalue weighted by atomic mass is 10.1. The quantitative estimate of drug-likeness (QED) is 0.828. The van der Waals surface area contributed by atoms with Crippen LogP contribution in [0.4, 0.5) is 0 Å². The highest BCUT2D eigenvalue weighted by Crippen LogP contribution is 2.20. The molecule has 0 fully saturated rings. The van der Waals surface area contributed by atoms with Crippen molar-refractivity contribution in [3.05, 3.63) is 42.5 Å². The summed E-state index contributed by atoms with van der Waals surface area (Å²) in [6.07, 6.45) is -0.464. The Morgan fingerprint density at radius 2 is 1.71 bits per heavy atom. The zero-order valence-corrected chi connectivity index (χ0v) is 13.4. The maximum atomic E-state index is 10.2. The number of hydrogen-bond acceptors (Lipinski definition) is 2. The number of benzene rings is 2. The number of aliphatic hydroxyl groups excluding tert-OH is 1. The fourth-order valence-electron chi connectivity index (χ4n) is 2.26. The third-order valence-electron chi connectivity index (χ3n) is 4.24. The summed E-state index contributed by atoms with van der Waals surface area (Å²) in [6, 6.07) is 14.7. The van der Waals surface area contributed by atoms with E-state index in [0.717, 1.165) is 15.6 Å². The molecule has 0 bridgehead atoms. The van der Waals surface area contributed by atoms with Gasteiger partial charge >= 0.3 is 0 Å². The summed E-state index contributed by atoms with van der Waals surface area (Å²) in [5, 5.41) is 12.5. The van der Waals surface area contributed by atoms with Gasteiger partial charge in [0.25, 0.3) is 0 Å². The van der Waals surface area contributed by atoms with E-state index in [-0.39, 0.29) is 0 Å². The van der Waals surface area contributed by atoms with Crippen molar-refractivity contribution in [3.8, 4) is 5.75 Å². The average molecular weight is 288 g/mol. The SMILES string of the molecule is CC(C)[N+](C)(C)CC(O)COc1ccc2ccccc2c1. The van der Waals surface area contributed by atoms with Crippen LogP contribution in [0, 0.1) is 0 Å². The molecule has 2 aromatic carbocycles. The molecule has 0 aliphatic rings. The van der Waals surface area contributed by atoms with Gasteiger partial charge in [-0.25, -0.2) is 0 Å². The van der Waals surface area contributed by atoms with Crippen LogP contribution >= 0.6 is 0 Å². The molecule has 3 nitrogen and oxygen atoms in total. The summed E-state index contributed by atoms with van der Waals surface area (Å²) in [5.41, 5.74) is 0. The average Bonchev–Trinajstić information content (AvgIpc) is 2.44. The second kappa shape index (κ2) is 6.46. The Kier molecular flexibility index (Phi) is 4.86. The van der Waals surface area contributed by atoms with Crippen LogP contribution in [0.2, 0.25) is 0 Å². The van der Waals surface area contributed by atoms with Crippen molar-refractivity contribution >= 4 is 10.8 Å². The van der Waals surface area contributed by atoms with E-state index in [9.17, 15) is 5.11 Å². The number of hydrogen-bond donors (Lipinski definition) is 1. The van der Waals surface area contributed by atoms with Gasteiger partial charge in [-0.1, -0.05) is 30.3 Å². The third-order valence-corrected chi connectivity index (χ3v) is 4.24. The van der Waals surface area contributed by atoms with Crippen LogP contribution in [0.25, 0.3) is 10.8 Å². The lowest BCUT2D eigenvalue weighted by molar-refractivity contribution is -0.914. The molecule has 2 aromatic rings. The summed E-state index contributed by atoms with van der Waals surface area (Å²) < 4.78 is 6.52. The fraction of sp³-hybridized carbons (Fsp3) is 0.444.